The first kappa shape index (κ1) is 28.5. The van der Waals surface area contributed by atoms with Crippen LogP contribution in [-0.4, -0.2) is 54.9 Å². The van der Waals surface area contributed by atoms with Gasteiger partial charge in [-0.3, -0.25) is 9.13 Å². The van der Waals surface area contributed by atoms with Gasteiger partial charge >= 0.3 is 20.9 Å². The molecule has 0 amide bonds. The Morgan fingerprint density at radius 2 is 1.67 bits per heavy atom. The average Bonchev–Trinajstić information content (AvgIpc) is 2.60. The second-order valence-electron chi connectivity index (χ2n) is 6.27. The minimum Gasteiger partial charge on any atom is -0.321 e. The van der Waals surface area contributed by atoms with E-state index in [4.69, 9.17) is 9.79 Å². The van der Waals surface area contributed by atoms with Crippen molar-refractivity contribution >= 4 is 77.7 Å². The molecule has 0 heterocycles. The van der Waals surface area contributed by atoms with E-state index in [1.54, 1.807) is 23.9 Å². The predicted molar refractivity (Wildman–Crippen MR) is 118 cm³/mol. The molecule has 30 heavy (non-hydrogen) atoms. The maximum absolute atomic E-state index is 13.8. The van der Waals surface area contributed by atoms with E-state index in [9.17, 15) is 27.7 Å². The number of alkyl halides is 2. The monoisotopic (exact) mass is 553 g/mol. The van der Waals surface area contributed by atoms with Crippen LogP contribution in [0.2, 0.25) is 0 Å². The van der Waals surface area contributed by atoms with Gasteiger partial charge in [-0.1, -0.05) is 40.2 Å². The molecular weight excluding hydrogens is 535 g/mol. The van der Waals surface area contributed by atoms with Gasteiger partial charge in [0.05, 0.1) is 5.30 Å². The van der Waals surface area contributed by atoms with Crippen molar-refractivity contribution in [1.29, 1.82) is 0 Å². The number of aryl methyl sites for hydroxylation is 1. The predicted octanol–water partition coefficient (Wildman–Crippen LogP) is 3.96. The van der Waals surface area contributed by atoms with Crippen LogP contribution < -0.4 is 5.30 Å². The molecule has 0 bridgehead atoms. The molecule has 2 aromatic rings. The van der Waals surface area contributed by atoms with Crippen LogP contribution in [0.1, 0.15) is 23.1 Å². The Bertz CT molecular complexity index is 969. The zero-order valence-electron chi connectivity index (χ0n) is 15.9. The zero-order chi connectivity index (χ0) is 21.9. The summed E-state index contributed by atoms with van der Waals surface area (Å²) in [5.74, 6) is 1.25. The summed E-state index contributed by atoms with van der Waals surface area (Å²) < 4.78 is 49.9. The molecule has 0 aliphatic heterocycles. The van der Waals surface area contributed by atoms with Crippen molar-refractivity contribution in [3.63, 3.8) is 0 Å². The third-order valence-electron chi connectivity index (χ3n) is 3.99. The Hall–Kier alpha value is 0.430. The fraction of sp³-hybridized carbons (Fsp3) is 0.294. The van der Waals surface area contributed by atoms with Gasteiger partial charge in [-0.05, 0) is 47.9 Å². The van der Waals surface area contributed by atoms with Crippen molar-refractivity contribution in [1.82, 2.24) is 0 Å². The van der Waals surface area contributed by atoms with Gasteiger partial charge in [0.15, 0.2) is 0 Å². The van der Waals surface area contributed by atoms with Crippen molar-refractivity contribution in [2.75, 3.05) is 5.75 Å². The second-order valence-corrected chi connectivity index (χ2v) is 11.5. The van der Waals surface area contributed by atoms with Gasteiger partial charge in [-0.2, -0.15) is 20.5 Å². The van der Waals surface area contributed by atoms with Crippen LogP contribution in [0.25, 0.3) is 0 Å². The van der Waals surface area contributed by atoms with Crippen molar-refractivity contribution in [3.8, 4) is 0 Å². The standard InChI is InChI=1S/C17H19BrF2O6P2S.Na/c18-16-10-13(6-7-15(16)17(19,20)28(24,25)26)11-29-8-2-4-12-3-1-5-14(9-12)27(21,22)23;/h1,3,5-7,9-10H,2,4,8,11H2,(H2,21,22,23)(H2,24,25,26);. The first-order chi connectivity index (χ1) is 13.3. The molecule has 0 unspecified atom stereocenters. The summed E-state index contributed by atoms with van der Waals surface area (Å²) in [7, 11) is -9.90. The van der Waals surface area contributed by atoms with E-state index in [0.717, 1.165) is 29.4 Å². The van der Waals surface area contributed by atoms with Crippen LogP contribution in [0, 0.1) is 0 Å². The number of hydrogen-bond donors (Lipinski definition) is 4. The molecule has 0 saturated heterocycles. The molecule has 0 aliphatic rings. The topological polar surface area (TPSA) is 115 Å². The third kappa shape index (κ3) is 7.78. The summed E-state index contributed by atoms with van der Waals surface area (Å²) in [5, 5.41) is -0.0142. The van der Waals surface area contributed by atoms with E-state index in [1.807, 2.05) is 0 Å². The van der Waals surface area contributed by atoms with Crippen LogP contribution in [0.4, 0.5) is 8.78 Å². The van der Waals surface area contributed by atoms with Crippen LogP contribution in [-0.2, 0) is 27.0 Å². The van der Waals surface area contributed by atoms with E-state index in [-0.39, 0.29) is 39.3 Å². The number of thioether (sulfide) groups is 1. The summed E-state index contributed by atoms with van der Waals surface area (Å²) in [6, 6.07) is 10.1. The molecule has 0 saturated carbocycles. The summed E-state index contributed by atoms with van der Waals surface area (Å²) in [6.07, 6.45) is 1.39. The largest absolute Gasteiger partial charge is 0.399 e. The Kier molecular flexibility index (Phi) is 10.9. The smallest absolute Gasteiger partial charge is 0.321 e. The fourth-order valence-corrected chi connectivity index (χ4v) is 5.37. The van der Waals surface area contributed by atoms with Gasteiger partial charge in [0.25, 0.3) is 0 Å². The number of benzene rings is 2. The molecule has 1 radical (unpaired) electrons. The number of rotatable bonds is 9. The molecule has 13 heteroatoms. The molecular formula is C17H19BrF2NaO6P2S. The van der Waals surface area contributed by atoms with Crippen molar-refractivity contribution in [3.05, 3.63) is 63.6 Å². The molecule has 4 N–H and O–H groups in total. The Balaban J connectivity index is 0.00000450. The number of halogens is 3. The van der Waals surface area contributed by atoms with Crippen molar-refractivity contribution < 1.29 is 37.5 Å². The van der Waals surface area contributed by atoms with E-state index in [2.05, 4.69) is 15.9 Å². The first-order valence-electron chi connectivity index (χ1n) is 8.27. The minimum absolute atomic E-state index is 0. The van der Waals surface area contributed by atoms with Crippen LogP contribution >= 0.6 is 42.9 Å². The Morgan fingerprint density at radius 1 is 1.00 bits per heavy atom. The van der Waals surface area contributed by atoms with Crippen molar-refractivity contribution in [2.24, 2.45) is 0 Å². The van der Waals surface area contributed by atoms with Crippen LogP contribution in [0.15, 0.2) is 46.9 Å². The average molecular weight is 554 g/mol. The van der Waals surface area contributed by atoms with Gasteiger partial charge in [0.2, 0.25) is 0 Å². The van der Waals surface area contributed by atoms with Gasteiger partial charge in [-0.25, -0.2) is 0 Å². The van der Waals surface area contributed by atoms with E-state index >= 15 is 0 Å². The number of hydrogen-bond acceptors (Lipinski definition) is 3. The fourth-order valence-electron chi connectivity index (χ4n) is 2.51. The van der Waals surface area contributed by atoms with Gasteiger partial charge in [0.1, 0.15) is 0 Å². The first-order valence-corrected chi connectivity index (χ1v) is 13.4. The molecule has 0 spiro atoms. The van der Waals surface area contributed by atoms with Crippen LogP contribution in [0.5, 0.6) is 0 Å². The maximum Gasteiger partial charge on any atom is 0.399 e. The molecule has 6 nitrogen and oxygen atoms in total. The normalized spacial score (nSPS) is 12.5. The Morgan fingerprint density at radius 3 is 2.23 bits per heavy atom. The molecule has 0 fully saturated rings. The van der Waals surface area contributed by atoms with Crippen LogP contribution in [0.3, 0.4) is 0 Å². The summed E-state index contributed by atoms with van der Waals surface area (Å²) in [5.41, 5.74) is -3.49. The molecule has 0 aliphatic carbocycles. The van der Waals surface area contributed by atoms with Gasteiger partial charge < -0.3 is 19.6 Å². The molecule has 0 atom stereocenters. The van der Waals surface area contributed by atoms with Gasteiger partial charge in [-0.15, -0.1) is 0 Å². The zero-order valence-corrected chi connectivity index (χ0v) is 22.1. The summed E-state index contributed by atoms with van der Waals surface area (Å²) in [4.78, 5) is 36.1. The van der Waals surface area contributed by atoms with E-state index in [0.29, 0.717) is 12.2 Å². The SMILES string of the molecule is O=P(O)(O)c1cccc(CCCSCc2ccc(C(F)(F)P(=O)(O)O)c(Br)c2)c1.[Na]. The minimum atomic E-state index is -5.62. The molecule has 161 valence electrons. The third-order valence-corrected chi connectivity index (χ3v) is 7.69. The Labute approximate surface area is 207 Å². The molecule has 2 aromatic carbocycles. The summed E-state index contributed by atoms with van der Waals surface area (Å²) in [6.45, 7) is 0. The van der Waals surface area contributed by atoms with E-state index < -0.39 is 26.4 Å². The second kappa shape index (κ2) is 11.5. The summed E-state index contributed by atoms with van der Waals surface area (Å²) >= 11 is 4.50. The van der Waals surface area contributed by atoms with E-state index in [1.165, 1.54) is 24.3 Å². The molecule has 0 aromatic heterocycles. The molecule has 2 rings (SSSR count). The van der Waals surface area contributed by atoms with Gasteiger partial charge in [0, 0.05) is 45.3 Å². The maximum atomic E-state index is 13.8. The van der Waals surface area contributed by atoms with Crippen molar-refractivity contribution in [2.45, 2.75) is 24.3 Å². The quantitative estimate of drug-likeness (QED) is 0.211.